The number of hydrogen-bond acceptors (Lipinski definition) is 5. The van der Waals surface area contributed by atoms with Gasteiger partial charge in [0, 0.05) is 19.6 Å². The molecule has 8 heteroatoms. The van der Waals surface area contributed by atoms with Gasteiger partial charge in [0.25, 0.3) is 5.91 Å². The molecule has 0 saturated heterocycles. The van der Waals surface area contributed by atoms with E-state index in [9.17, 15) is 9.59 Å². The van der Waals surface area contributed by atoms with E-state index >= 15 is 0 Å². The quantitative estimate of drug-likeness (QED) is 0.648. The zero-order valence-corrected chi connectivity index (χ0v) is 11.3. The molecule has 106 valence electrons. The molecule has 0 fully saturated rings. The van der Waals surface area contributed by atoms with Gasteiger partial charge >= 0.3 is 0 Å². The van der Waals surface area contributed by atoms with E-state index in [1.54, 1.807) is 6.92 Å². The van der Waals surface area contributed by atoms with Crippen molar-refractivity contribution in [2.45, 2.75) is 20.4 Å². The topological polar surface area (TPSA) is 106 Å². The third-order valence-corrected chi connectivity index (χ3v) is 2.49. The third kappa shape index (κ3) is 4.32. The summed E-state index contributed by atoms with van der Waals surface area (Å²) in [7, 11) is 0. The maximum atomic E-state index is 12.1. The van der Waals surface area contributed by atoms with Crippen LogP contribution >= 0.6 is 0 Å². The second-order valence-corrected chi connectivity index (χ2v) is 3.93. The Kier molecular flexibility index (Phi) is 5.94. The highest BCUT2D eigenvalue weighted by Crippen LogP contribution is 2.01. The van der Waals surface area contributed by atoms with Crippen LogP contribution in [-0.4, -0.2) is 57.9 Å². The summed E-state index contributed by atoms with van der Waals surface area (Å²) in [6.45, 7) is 5.55. The van der Waals surface area contributed by atoms with Gasteiger partial charge in [-0.05, 0) is 13.8 Å². The number of nitrogens with zero attached hydrogens (tertiary/aromatic N) is 4. The molecule has 0 aliphatic carbocycles. The average molecular weight is 268 g/mol. The molecule has 1 aromatic heterocycles. The minimum Gasteiger partial charge on any atom is -0.355 e. The van der Waals surface area contributed by atoms with Gasteiger partial charge in [0.15, 0.2) is 5.69 Å². The fourth-order valence-electron chi connectivity index (χ4n) is 1.55. The Morgan fingerprint density at radius 3 is 2.79 bits per heavy atom. The molecule has 8 nitrogen and oxygen atoms in total. The number of likely N-dealkylation sites (N-methyl/N-ethyl adjacent to an activating group) is 2. The first kappa shape index (κ1) is 15.1. The van der Waals surface area contributed by atoms with Crippen molar-refractivity contribution in [3.63, 3.8) is 0 Å². The highest BCUT2D eigenvalue weighted by atomic mass is 16.2. The van der Waals surface area contributed by atoms with E-state index in [0.29, 0.717) is 26.2 Å². The Morgan fingerprint density at radius 1 is 1.47 bits per heavy atom. The summed E-state index contributed by atoms with van der Waals surface area (Å²) in [5.41, 5.74) is 5.62. The van der Waals surface area contributed by atoms with E-state index in [2.05, 4.69) is 15.6 Å². The second-order valence-electron chi connectivity index (χ2n) is 3.93. The molecule has 0 radical (unpaired) electrons. The molecular weight excluding hydrogens is 248 g/mol. The molecule has 0 aliphatic rings. The highest BCUT2D eigenvalue weighted by Gasteiger charge is 2.19. The Morgan fingerprint density at radius 2 is 2.21 bits per heavy atom. The van der Waals surface area contributed by atoms with Gasteiger partial charge in [0.2, 0.25) is 5.91 Å². The van der Waals surface area contributed by atoms with Crippen LogP contribution in [0.1, 0.15) is 24.3 Å². The number of hydrogen-bond donors (Lipinski definition) is 2. The number of carbonyl (C=O) groups is 2. The number of amides is 2. The Hall–Kier alpha value is -1.96. The van der Waals surface area contributed by atoms with Crippen LogP contribution in [0.2, 0.25) is 0 Å². The van der Waals surface area contributed by atoms with Crippen LogP contribution in [0.5, 0.6) is 0 Å². The van der Waals surface area contributed by atoms with Crippen LogP contribution in [0.25, 0.3) is 0 Å². The first-order valence-corrected chi connectivity index (χ1v) is 6.28. The standard InChI is InChI=1S/C11H20N6O2/c1-3-13-10(18)8-16(4-2)11(19)9-7-17(6-5-12)15-14-9/h7H,3-6,8,12H2,1-2H3,(H,13,18). The van der Waals surface area contributed by atoms with Crippen molar-refractivity contribution < 1.29 is 9.59 Å². The monoisotopic (exact) mass is 268 g/mol. The molecule has 19 heavy (non-hydrogen) atoms. The molecule has 3 N–H and O–H groups in total. The van der Waals surface area contributed by atoms with Crippen molar-refractivity contribution in [2.24, 2.45) is 5.73 Å². The molecule has 0 bridgehead atoms. The lowest BCUT2D eigenvalue weighted by atomic mass is 10.3. The average Bonchev–Trinajstić information content (AvgIpc) is 2.84. The molecule has 0 aliphatic heterocycles. The Labute approximate surface area is 111 Å². The van der Waals surface area contributed by atoms with E-state index in [-0.39, 0.29) is 24.1 Å². The molecule has 0 atom stereocenters. The lowest BCUT2D eigenvalue weighted by molar-refractivity contribution is -0.121. The van der Waals surface area contributed by atoms with Crippen molar-refractivity contribution in [3.8, 4) is 0 Å². The van der Waals surface area contributed by atoms with Crippen molar-refractivity contribution in [2.75, 3.05) is 26.2 Å². The Bertz CT molecular complexity index is 431. The number of rotatable bonds is 7. The van der Waals surface area contributed by atoms with Gasteiger partial charge in [0.05, 0.1) is 19.3 Å². The van der Waals surface area contributed by atoms with Crippen LogP contribution in [-0.2, 0) is 11.3 Å². The number of carbonyl (C=O) groups excluding carboxylic acids is 2. The summed E-state index contributed by atoms with van der Waals surface area (Å²) < 4.78 is 1.51. The minimum atomic E-state index is -0.308. The lowest BCUT2D eigenvalue weighted by Crippen LogP contribution is -2.40. The first-order valence-electron chi connectivity index (χ1n) is 6.28. The second kappa shape index (κ2) is 7.47. The molecule has 2 amide bonds. The summed E-state index contributed by atoms with van der Waals surface area (Å²) in [6.07, 6.45) is 1.54. The predicted molar refractivity (Wildman–Crippen MR) is 69.3 cm³/mol. The van der Waals surface area contributed by atoms with Crippen LogP contribution in [0.15, 0.2) is 6.20 Å². The fraction of sp³-hybridized carbons (Fsp3) is 0.636. The summed E-state index contributed by atoms with van der Waals surface area (Å²) >= 11 is 0. The van der Waals surface area contributed by atoms with Crippen molar-refractivity contribution in [3.05, 3.63) is 11.9 Å². The summed E-state index contributed by atoms with van der Waals surface area (Å²) in [5, 5.41) is 10.2. The van der Waals surface area contributed by atoms with Gasteiger partial charge in [0.1, 0.15) is 0 Å². The number of nitrogens with one attached hydrogen (secondary N) is 1. The van der Waals surface area contributed by atoms with Gasteiger partial charge in [-0.1, -0.05) is 5.21 Å². The first-order chi connectivity index (χ1) is 9.12. The number of aromatic nitrogens is 3. The molecule has 0 spiro atoms. The van der Waals surface area contributed by atoms with Crippen LogP contribution in [0.4, 0.5) is 0 Å². The maximum Gasteiger partial charge on any atom is 0.276 e. The minimum absolute atomic E-state index is 0.0208. The molecule has 0 saturated carbocycles. The third-order valence-electron chi connectivity index (χ3n) is 2.49. The van der Waals surface area contributed by atoms with Gasteiger partial charge in [-0.3, -0.25) is 14.3 Å². The summed E-state index contributed by atoms with van der Waals surface area (Å²) in [4.78, 5) is 25.0. The van der Waals surface area contributed by atoms with Gasteiger partial charge in [-0.25, -0.2) is 0 Å². The van der Waals surface area contributed by atoms with Gasteiger partial charge in [-0.2, -0.15) is 0 Å². The zero-order valence-electron chi connectivity index (χ0n) is 11.3. The molecule has 0 unspecified atom stereocenters. The molecule has 1 aromatic rings. The van der Waals surface area contributed by atoms with Crippen molar-refractivity contribution >= 4 is 11.8 Å². The zero-order chi connectivity index (χ0) is 14.3. The highest BCUT2D eigenvalue weighted by molar-refractivity contribution is 5.94. The Balaban J connectivity index is 2.68. The van der Waals surface area contributed by atoms with E-state index in [4.69, 9.17) is 5.73 Å². The smallest absolute Gasteiger partial charge is 0.276 e. The number of nitrogens with two attached hydrogens (primary N) is 1. The maximum absolute atomic E-state index is 12.1. The van der Waals surface area contributed by atoms with Crippen LogP contribution in [0, 0.1) is 0 Å². The molecular formula is C11H20N6O2. The molecule has 1 heterocycles. The summed E-state index contributed by atoms with van der Waals surface area (Å²) in [5.74, 6) is -0.496. The van der Waals surface area contributed by atoms with E-state index in [0.717, 1.165) is 0 Å². The van der Waals surface area contributed by atoms with Gasteiger partial charge < -0.3 is 16.0 Å². The van der Waals surface area contributed by atoms with E-state index in [1.165, 1.54) is 15.8 Å². The molecule has 1 rings (SSSR count). The largest absolute Gasteiger partial charge is 0.355 e. The van der Waals surface area contributed by atoms with E-state index in [1.807, 2.05) is 6.92 Å². The summed E-state index contributed by atoms with van der Waals surface area (Å²) in [6, 6.07) is 0. The SMILES string of the molecule is CCNC(=O)CN(CC)C(=O)c1cn(CCN)nn1. The van der Waals surface area contributed by atoms with Crippen molar-refractivity contribution in [1.82, 2.24) is 25.2 Å². The lowest BCUT2D eigenvalue weighted by Gasteiger charge is -2.18. The van der Waals surface area contributed by atoms with E-state index < -0.39 is 0 Å². The normalized spacial score (nSPS) is 10.3. The van der Waals surface area contributed by atoms with Crippen LogP contribution in [0.3, 0.4) is 0 Å². The van der Waals surface area contributed by atoms with Crippen LogP contribution < -0.4 is 11.1 Å². The van der Waals surface area contributed by atoms with Crippen molar-refractivity contribution in [1.29, 1.82) is 0 Å². The van der Waals surface area contributed by atoms with Gasteiger partial charge in [-0.15, -0.1) is 5.10 Å². The predicted octanol–water partition coefficient (Wildman–Crippen LogP) is -1.16. The molecule has 0 aromatic carbocycles. The fourth-order valence-corrected chi connectivity index (χ4v) is 1.55.